The normalized spacial score (nSPS) is 17.4. The van der Waals surface area contributed by atoms with Gasteiger partial charge in [0.1, 0.15) is 6.04 Å². The summed E-state index contributed by atoms with van der Waals surface area (Å²) < 4.78 is 0. The number of unbranched alkanes of at least 4 members (excludes halogenated alkanes) is 13. The minimum absolute atomic E-state index is 0.0216. The maximum absolute atomic E-state index is 12.5. The molecular formula is C25H47NO3S. The molecule has 5 heteroatoms. The van der Waals surface area contributed by atoms with E-state index < -0.39 is 12.0 Å². The van der Waals surface area contributed by atoms with Gasteiger partial charge in [0, 0.05) is 18.2 Å². The average molecular weight is 442 g/mol. The van der Waals surface area contributed by atoms with Crippen LogP contribution in [0, 0.1) is 5.92 Å². The first kappa shape index (κ1) is 27.3. The topological polar surface area (TPSA) is 57.6 Å². The fraction of sp³-hybridized carbons (Fsp3) is 0.920. The lowest BCUT2D eigenvalue weighted by atomic mass is 10.0. The summed E-state index contributed by atoms with van der Waals surface area (Å²) in [7, 11) is 0. The summed E-state index contributed by atoms with van der Waals surface area (Å²) in [5.41, 5.74) is 0. The highest BCUT2D eigenvalue weighted by Gasteiger charge is 2.35. The Morgan fingerprint density at radius 3 is 1.90 bits per heavy atom. The number of hydrogen-bond donors (Lipinski definition) is 1. The van der Waals surface area contributed by atoms with E-state index in [0.29, 0.717) is 13.0 Å². The number of carboxylic acid groups (broad SMARTS) is 1. The summed E-state index contributed by atoms with van der Waals surface area (Å²) in [6.07, 6.45) is 20.7. The molecule has 0 spiro atoms. The van der Waals surface area contributed by atoms with Gasteiger partial charge < -0.3 is 10.0 Å². The largest absolute Gasteiger partial charge is 0.480 e. The summed E-state index contributed by atoms with van der Waals surface area (Å²) in [6.45, 7) is 4.82. The summed E-state index contributed by atoms with van der Waals surface area (Å²) in [5.74, 6) is 0.996. The van der Waals surface area contributed by atoms with Crippen LogP contribution in [0.2, 0.25) is 0 Å². The molecule has 0 aliphatic carbocycles. The number of carboxylic acids is 1. The van der Waals surface area contributed by atoms with Gasteiger partial charge in [0.15, 0.2) is 0 Å². The third kappa shape index (κ3) is 12.2. The smallest absolute Gasteiger partial charge is 0.326 e. The van der Waals surface area contributed by atoms with Crippen molar-refractivity contribution in [1.29, 1.82) is 0 Å². The van der Waals surface area contributed by atoms with Crippen molar-refractivity contribution in [3.8, 4) is 0 Å². The molecule has 2 unspecified atom stereocenters. The zero-order valence-electron chi connectivity index (χ0n) is 19.7. The Labute approximate surface area is 189 Å². The van der Waals surface area contributed by atoms with Gasteiger partial charge in [0.25, 0.3) is 0 Å². The number of likely N-dealkylation sites (tertiary alicyclic amines) is 1. The summed E-state index contributed by atoms with van der Waals surface area (Å²) >= 11 is 1.85. The summed E-state index contributed by atoms with van der Waals surface area (Å²) in [6, 6.07) is -0.601. The molecule has 2 atom stereocenters. The maximum atomic E-state index is 12.5. The maximum Gasteiger partial charge on any atom is 0.326 e. The molecule has 1 amide bonds. The monoisotopic (exact) mass is 441 g/mol. The summed E-state index contributed by atoms with van der Waals surface area (Å²) in [5, 5.41) is 9.24. The average Bonchev–Trinajstić information content (AvgIpc) is 3.23. The van der Waals surface area contributed by atoms with E-state index in [1.54, 1.807) is 4.90 Å². The van der Waals surface area contributed by atoms with Gasteiger partial charge in [-0.25, -0.2) is 4.79 Å². The van der Waals surface area contributed by atoms with Crippen LogP contribution in [0.5, 0.6) is 0 Å². The molecule has 0 aromatic heterocycles. The molecule has 1 rings (SSSR count). The molecule has 0 saturated carbocycles. The van der Waals surface area contributed by atoms with Crippen LogP contribution in [0.4, 0.5) is 0 Å². The molecule has 1 aliphatic rings. The molecule has 1 N–H and O–H groups in total. The molecule has 0 aromatic carbocycles. The fourth-order valence-corrected chi connectivity index (χ4v) is 5.37. The molecular weight excluding hydrogens is 394 g/mol. The molecule has 0 aromatic rings. The molecule has 4 nitrogen and oxygen atoms in total. The molecule has 1 saturated heterocycles. The molecule has 30 heavy (non-hydrogen) atoms. The highest BCUT2D eigenvalue weighted by molar-refractivity contribution is 7.99. The van der Waals surface area contributed by atoms with Crippen molar-refractivity contribution in [2.24, 2.45) is 5.92 Å². The van der Waals surface area contributed by atoms with Crippen LogP contribution >= 0.6 is 11.8 Å². The number of amides is 1. The second-order valence-electron chi connectivity index (χ2n) is 9.10. The van der Waals surface area contributed by atoms with Crippen LogP contribution in [0.25, 0.3) is 0 Å². The van der Waals surface area contributed by atoms with Crippen LogP contribution in [-0.2, 0) is 9.59 Å². The standard InChI is InChI=1S/C25H47NO3S/c1-3-4-5-6-7-8-9-10-11-12-13-14-15-16-20-30-21-22(2)24(27)26-19-17-18-23(26)25(28)29/h22-23H,3-21H2,1-2H3,(H,28,29). The van der Waals surface area contributed by atoms with Crippen LogP contribution in [0.1, 0.15) is 117 Å². The molecule has 1 aliphatic heterocycles. The zero-order valence-corrected chi connectivity index (χ0v) is 20.5. The van der Waals surface area contributed by atoms with Crippen molar-refractivity contribution in [3.63, 3.8) is 0 Å². The van der Waals surface area contributed by atoms with E-state index in [2.05, 4.69) is 6.92 Å². The second kappa shape index (κ2) is 17.9. The van der Waals surface area contributed by atoms with E-state index >= 15 is 0 Å². The molecule has 0 radical (unpaired) electrons. The van der Waals surface area contributed by atoms with E-state index in [1.807, 2.05) is 18.7 Å². The third-order valence-electron chi connectivity index (χ3n) is 6.25. The van der Waals surface area contributed by atoms with Crippen molar-refractivity contribution >= 4 is 23.6 Å². The minimum Gasteiger partial charge on any atom is -0.480 e. The van der Waals surface area contributed by atoms with Gasteiger partial charge in [-0.05, 0) is 25.0 Å². The number of carbonyl (C=O) groups is 2. The van der Waals surface area contributed by atoms with E-state index in [0.717, 1.165) is 17.9 Å². The number of thioether (sulfide) groups is 1. The van der Waals surface area contributed by atoms with Gasteiger partial charge >= 0.3 is 5.97 Å². The van der Waals surface area contributed by atoms with Gasteiger partial charge in [-0.2, -0.15) is 11.8 Å². The first-order valence-corrected chi connectivity index (χ1v) is 13.8. The van der Waals surface area contributed by atoms with Gasteiger partial charge in [0.2, 0.25) is 5.91 Å². The third-order valence-corrected chi connectivity index (χ3v) is 7.57. The van der Waals surface area contributed by atoms with Gasteiger partial charge in [0.05, 0.1) is 0 Å². The Bertz CT molecular complexity index is 458. The van der Waals surface area contributed by atoms with Crippen LogP contribution in [0.3, 0.4) is 0 Å². The SMILES string of the molecule is CCCCCCCCCCCCCCCCSCC(C)C(=O)N1CCCC1C(=O)O. The van der Waals surface area contributed by atoms with Crippen LogP contribution < -0.4 is 0 Å². The van der Waals surface area contributed by atoms with Crippen molar-refractivity contribution in [3.05, 3.63) is 0 Å². The second-order valence-corrected chi connectivity index (χ2v) is 10.2. The zero-order chi connectivity index (χ0) is 22.0. The Balaban J connectivity index is 1.88. The lowest BCUT2D eigenvalue weighted by Gasteiger charge is -2.24. The molecule has 1 fully saturated rings. The lowest BCUT2D eigenvalue weighted by molar-refractivity contribution is -0.149. The molecule has 1 heterocycles. The Kier molecular flexibility index (Phi) is 16.3. The highest BCUT2D eigenvalue weighted by atomic mass is 32.2. The predicted molar refractivity (Wildman–Crippen MR) is 129 cm³/mol. The fourth-order valence-electron chi connectivity index (χ4n) is 4.30. The van der Waals surface area contributed by atoms with Crippen molar-refractivity contribution in [2.75, 3.05) is 18.1 Å². The number of carbonyl (C=O) groups excluding carboxylic acids is 1. The number of rotatable bonds is 19. The molecule has 0 bridgehead atoms. The van der Waals surface area contributed by atoms with E-state index in [1.165, 1.54) is 89.9 Å². The Morgan fingerprint density at radius 2 is 1.40 bits per heavy atom. The Morgan fingerprint density at radius 1 is 0.900 bits per heavy atom. The quantitative estimate of drug-likeness (QED) is 0.221. The molecule has 176 valence electrons. The van der Waals surface area contributed by atoms with Gasteiger partial charge in [-0.1, -0.05) is 97.3 Å². The van der Waals surface area contributed by atoms with Gasteiger partial charge in [-0.3, -0.25) is 4.79 Å². The Hall–Kier alpha value is -0.710. The van der Waals surface area contributed by atoms with E-state index in [4.69, 9.17) is 0 Å². The predicted octanol–water partition coefficient (Wildman–Crippen LogP) is 6.91. The van der Waals surface area contributed by atoms with Gasteiger partial charge in [-0.15, -0.1) is 0 Å². The summed E-state index contributed by atoms with van der Waals surface area (Å²) in [4.78, 5) is 25.3. The van der Waals surface area contributed by atoms with E-state index in [-0.39, 0.29) is 11.8 Å². The first-order chi connectivity index (χ1) is 14.6. The number of aliphatic carboxylic acids is 1. The highest BCUT2D eigenvalue weighted by Crippen LogP contribution is 2.22. The van der Waals surface area contributed by atoms with Crippen molar-refractivity contribution < 1.29 is 14.7 Å². The first-order valence-electron chi connectivity index (χ1n) is 12.7. The number of hydrogen-bond acceptors (Lipinski definition) is 3. The van der Waals surface area contributed by atoms with Crippen LogP contribution in [-0.4, -0.2) is 46.0 Å². The van der Waals surface area contributed by atoms with Crippen molar-refractivity contribution in [2.45, 2.75) is 123 Å². The lowest BCUT2D eigenvalue weighted by Crippen LogP contribution is -2.43. The van der Waals surface area contributed by atoms with E-state index in [9.17, 15) is 14.7 Å². The minimum atomic E-state index is -0.858. The number of nitrogens with zero attached hydrogens (tertiary/aromatic N) is 1. The van der Waals surface area contributed by atoms with Crippen LogP contribution in [0.15, 0.2) is 0 Å². The van der Waals surface area contributed by atoms with Crippen molar-refractivity contribution in [1.82, 2.24) is 4.90 Å².